The zero-order valence-electron chi connectivity index (χ0n) is 27.8. The summed E-state index contributed by atoms with van der Waals surface area (Å²) in [4.78, 5) is 0. The van der Waals surface area contributed by atoms with Gasteiger partial charge in [0, 0.05) is 0 Å². The third-order valence-electron chi connectivity index (χ3n) is 11.7. The summed E-state index contributed by atoms with van der Waals surface area (Å²) in [5.41, 5.74) is 13.2. The summed E-state index contributed by atoms with van der Waals surface area (Å²) in [5, 5.41) is 0. The molecule has 3 aromatic rings. The second-order valence-corrected chi connectivity index (χ2v) is 30.5. The van der Waals surface area contributed by atoms with Crippen LogP contribution in [0.25, 0.3) is 23.3 Å². The van der Waals surface area contributed by atoms with Crippen molar-refractivity contribution < 1.29 is 18.3 Å². The molecule has 0 N–H and O–H groups in total. The number of rotatable bonds is 4. The molecule has 220 valence electrons. The molecule has 0 amide bonds. The van der Waals surface area contributed by atoms with Crippen LogP contribution < -0.4 is 3.27 Å². The molecule has 4 aliphatic rings. The van der Waals surface area contributed by atoms with E-state index in [1.807, 2.05) is 0 Å². The molecular formula is C42H48Zr. The SMILES string of the molecule is [CH2]=[Zr]([CH3])([C]1=CC(C(C)(C)C)=CC1CC)([C]1=Cc2cc3c(cc2C1(C)C)Cc1cc2c(cc1-3)C=CC2(C)C)[c]1ccccc1. The van der Waals surface area contributed by atoms with E-state index in [1.54, 1.807) is 6.56 Å². The first kappa shape index (κ1) is 29.1. The Morgan fingerprint density at radius 3 is 2.12 bits per heavy atom. The predicted molar refractivity (Wildman–Crippen MR) is 186 cm³/mol. The molecule has 43 heavy (non-hydrogen) atoms. The maximum atomic E-state index is 5.53. The summed E-state index contributed by atoms with van der Waals surface area (Å²) >= 11 is -4.29. The zero-order valence-corrected chi connectivity index (χ0v) is 30.2. The van der Waals surface area contributed by atoms with Crippen molar-refractivity contribution >= 4 is 19.6 Å². The van der Waals surface area contributed by atoms with Crippen LogP contribution in [0.1, 0.15) is 95.2 Å². The Morgan fingerprint density at radius 2 is 1.49 bits per heavy atom. The summed E-state index contributed by atoms with van der Waals surface area (Å²) in [6, 6.07) is 21.5. The number of fused-ring (bicyclic) bond motifs is 5. The van der Waals surface area contributed by atoms with Gasteiger partial charge in [-0.05, 0) is 0 Å². The topological polar surface area (TPSA) is 0 Å². The van der Waals surface area contributed by atoms with Gasteiger partial charge >= 0.3 is 262 Å². The van der Waals surface area contributed by atoms with Gasteiger partial charge in [0.05, 0.1) is 0 Å². The van der Waals surface area contributed by atoms with E-state index in [0.29, 0.717) is 5.92 Å². The normalized spacial score (nSPS) is 21.2. The average Bonchev–Trinajstić information content (AvgIpc) is 3.69. The molecule has 0 saturated heterocycles. The van der Waals surface area contributed by atoms with E-state index in [9.17, 15) is 0 Å². The van der Waals surface area contributed by atoms with E-state index >= 15 is 0 Å². The van der Waals surface area contributed by atoms with Crippen LogP contribution in [0.5, 0.6) is 0 Å². The van der Waals surface area contributed by atoms with Gasteiger partial charge in [-0.3, -0.25) is 0 Å². The van der Waals surface area contributed by atoms with Crippen LogP contribution in [0.2, 0.25) is 4.63 Å². The van der Waals surface area contributed by atoms with Gasteiger partial charge in [-0.15, -0.1) is 0 Å². The van der Waals surface area contributed by atoms with Crippen molar-refractivity contribution in [3.05, 3.63) is 118 Å². The molecule has 0 fully saturated rings. The molecule has 0 aliphatic heterocycles. The summed E-state index contributed by atoms with van der Waals surface area (Å²) < 4.78 is 12.9. The fourth-order valence-corrected chi connectivity index (χ4v) is 24.5. The Labute approximate surface area is 260 Å². The minimum atomic E-state index is -4.29. The molecule has 0 spiro atoms. The number of hydrogen-bond donors (Lipinski definition) is 0. The summed E-state index contributed by atoms with van der Waals surface area (Å²) in [6.07, 6.45) is 14.6. The molecule has 0 heterocycles. The third kappa shape index (κ3) is 3.99. The average molecular weight is 644 g/mol. The molecule has 0 nitrogen and oxygen atoms in total. The number of hydrogen-bond acceptors (Lipinski definition) is 0. The van der Waals surface area contributed by atoms with Crippen LogP contribution in [-0.4, -0.2) is 4.21 Å². The second-order valence-electron chi connectivity index (χ2n) is 16.5. The molecule has 3 aromatic carbocycles. The first-order chi connectivity index (χ1) is 20.0. The van der Waals surface area contributed by atoms with Gasteiger partial charge in [-0.2, -0.15) is 0 Å². The Balaban J connectivity index is 1.43. The van der Waals surface area contributed by atoms with Crippen LogP contribution in [0.4, 0.5) is 0 Å². The van der Waals surface area contributed by atoms with Gasteiger partial charge in [0.1, 0.15) is 0 Å². The molecule has 1 unspecified atom stereocenters. The van der Waals surface area contributed by atoms with Crippen molar-refractivity contribution in [3.63, 3.8) is 0 Å². The molecule has 0 aromatic heterocycles. The van der Waals surface area contributed by atoms with Crippen LogP contribution >= 0.6 is 0 Å². The Bertz CT molecular complexity index is 1910. The molecule has 1 atom stereocenters. The number of allylic oxidation sites excluding steroid dienone is 6. The molecule has 0 bridgehead atoms. The minimum absolute atomic E-state index is 0.0904. The van der Waals surface area contributed by atoms with Gasteiger partial charge < -0.3 is 0 Å². The van der Waals surface area contributed by atoms with E-state index < -0.39 is 18.3 Å². The first-order valence-corrected chi connectivity index (χ1v) is 24.3. The van der Waals surface area contributed by atoms with Gasteiger partial charge in [0.25, 0.3) is 0 Å². The monoisotopic (exact) mass is 642 g/mol. The first-order valence-electron chi connectivity index (χ1n) is 16.4. The van der Waals surface area contributed by atoms with Crippen molar-refractivity contribution in [1.29, 1.82) is 0 Å². The van der Waals surface area contributed by atoms with E-state index in [-0.39, 0.29) is 16.2 Å². The maximum absolute atomic E-state index is 5.53. The summed E-state index contributed by atoms with van der Waals surface area (Å²) in [5.74, 6) is 0.444. The van der Waals surface area contributed by atoms with Crippen LogP contribution in [0.15, 0.2) is 85.0 Å². The molecule has 1 heteroatoms. The Morgan fingerprint density at radius 1 is 0.860 bits per heavy atom. The van der Waals surface area contributed by atoms with Crippen molar-refractivity contribution in [2.24, 2.45) is 11.3 Å². The Hall–Kier alpha value is -2.63. The van der Waals surface area contributed by atoms with Gasteiger partial charge in [-0.25, -0.2) is 0 Å². The molecule has 0 radical (unpaired) electrons. The summed E-state index contributed by atoms with van der Waals surface area (Å²) in [7, 11) is 0. The third-order valence-corrected chi connectivity index (χ3v) is 26.9. The fourth-order valence-electron chi connectivity index (χ4n) is 9.09. The van der Waals surface area contributed by atoms with Crippen molar-refractivity contribution in [1.82, 2.24) is 0 Å². The molecule has 0 saturated carbocycles. The zero-order chi connectivity index (χ0) is 30.8. The van der Waals surface area contributed by atoms with Gasteiger partial charge in [0.15, 0.2) is 0 Å². The predicted octanol–water partition coefficient (Wildman–Crippen LogP) is 10.6. The summed E-state index contributed by atoms with van der Waals surface area (Å²) in [6.45, 7) is 19.1. The van der Waals surface area contributed by atoms with Crippen LogP contribution in [0.3, 0.4) is 0 Å². The quantitative estimate of drug-likeness (QED) is 0.208. The molecule has 7 rings (SSSR count). The van der Waals surface area contributed by atoms with Crippen LogP contribution in [-0.2, 0) is 35.5 Å². The fraction of sp³-hybridized carbons (Fsp3) is 0.357. The van der Waals surface area contributed by atoms with Gasteiger partial charge in [-0.1, -0.05) is 0 Å². The van der Waals surface area contributed by atoms with E-state index in [1.165, 1.54) is 53.4 Å². The molecular weight excluding hydrogens is 596 g/mol. The molecule has 4 aliphatic carbocycles. The van der Waals surface area contributed by atoms with E-state index in [4.69, 9.17) is 4.21 Å². The van der Waals surface area contributed by atoms with Crippen molar-refractivity contribution in [2.45, 2.75) is 83.7 Å². The van der Waals surface area contributed by atoms with Gasteiger partial charge in [0.2, 0.25) is 0 Å². The second kappa shape index (κ2) is 8.97. The van der Waals surface area contributed by atoms with E-state index in [2.05, 4.69) is 145 Å². The number of benzene rings is 3. The van der Waals surface area contributed by atoms with Crippen LogP contribution in [0, 0.1) is 11.3 Å². The standard InChI is InChI=1S/C23H21.C11H17.C6H5.CH3.CH2.Zr/c1-22(2)7-5-14-10-18-16(12-20(14)22)9-17-13-21-15(11-19(17)18)6-8-23(21,3)4;1-5-9-6-7-10(8-9)11(2,3)4;1-2-4-6-5-3-1;;;/h5-7,10-13H,9H2,1-4H3;7-9H,5H2,1-4H3;1-5H;1H3;1H2;. The van der Waals surface area contributed by atoms with Crippen molar-refractivity contribution in [3.8, 4) is 11.1 Å². The van der Waals surface area contributed by atoms with Crippen molar-refractivity contribution in [2.75, 3.05) is 0 Å². The van der Waals surface area contributed by atoms with E-state index in [0.717, 1.165) is 12.8 Å². The Kier molecular flexibility index (Phi) is 6.07.